The molecule has 0 atom stereocenters. The van der Waals surface area contributed by atoms with Crippen molar-refractivity contribution >= 4 is 17.9 Å². The molecule has 0 aromatic carbocycles. The van der Waals surface area contributed by atoms with Gasteiger partial charge in [0.25, 0.3) is 0 Å². The van der Waals surface area contributed by atoms with Crippen molar-refractivity contribution in [3.8, 4) is 0 Å². The molecular formula is C11H16O6. The van der Waals surface area contributed by atoms with Gasteiger partial charge in [-0.3, -0.25) is 14.4 Å². The monoisotopic (exact) mass is 244 g/mol. The van der Waals surface area contributed by atoms with Crippen molar-refractivity contribution in [3.63, 3.8) is 0 Å². The molecule has 0 aromatic rings. The minimum atomic E-state index is -1.44. The minimum Gasteiger partial charge on any atom is -0.481 e. The van der Waals surface area contributed by atoms with Gasteiger partial charge in [0.05, 0.1) is 5.92 Å². The second kappa shape index (κ2) is 5.16. The number of aliphatic carboxylic acids is 3. The summed E-state index contributed by atoms with van der Waals surface area (Å²) in [5.41, 5.74) is -1.44. The van der Waals surface area contributed by atoms with E-state index in [-0.39, 0.29) is 18.8 Å². The van der Waals surface area contributed by atoms with Crippen LogP contribution in [0.3, 0.4) is 0 Å². The quantitative estimate of drug-likeness (QED) is 0.643. The van der Waals surface area contributed by atoms with E-state index >= 15 is 0 Å². The lowest BCUT2D eigenvalue weighted by molar-refractivity contribution is -0.171. The molecule has 6 nitrogen and oxygen atoms in total. The smallest absolute Gasteiger partial charge is 0.321 e. The van der Waals surface area contributed by atoms with Crippen LogP contribution in [0.25, 0.3) is 0 Å². The fourth-order valence-corrected chi connectivity index (χ4v) is 1.70. The third-order valence-electron chi connectivity index (χ3n) is 3.48. The number of rotatable bonds is 3. The third-order valence-corrected chi connectivity index (χ3v) is 3.48. The molecule has 2 aliphatic rings. The largest absolute Gasteiger partial charge is 0.481 e. The highest BCUT2D eigenvalue weighted by Crippen LogP contribution is 2.41. The van der Waals surface area contributed by atoms with Gasteiger partial charge in [0.2, 0.25) is 0 Å². The Labute approximate surface area is 98.3 Å². The Kier molecular flexibility index (Phi) is 4.09. The van der Waals surface area contributed by atoms with Crippen molar-refractivity contribution in [2.45, 2.75) is 38.5 Å². The number of carboxylic acid groups (broad SMARTS) is 3. The van der Waals surface area contributed by atoms with Gasteiger partial charge in [0, 0.05) is 0 Å². The highest BCUT2D eigenvalue weighted by Gasteiger charge is 2.51. The summed E-state index contributed by atoms with van der Waals surface area (Å²) in [5, 5.41) is 25.2. The average molecular weight is 244 g/mol. The summed E-state index contributed by atoms with van der Waals surface area (Å²) in [7, 11) is 0. The van der Waals surface area contributed by atoms with Crippen molar-refractivity contribution in [3.05, 3.63) is 0 Å². The standard InChI is InChI=1S/C6H8O4.C5H8O2/c7-4(8)6(5(9)10)2-1-3-6;6-5(7)4-2-1-3-4/h1-3H2,(H,7,8)(H,9,10);4H,1-3H2,(H,6,7). The first kappa shape index (κ1) is 13.5. The van der Waals surface area contributed by atoms with Gasteiger partial charge in [-0.05, 0) is 32.1 Å². The van der Waals surface area contributed by atoms with Crippen LogP contribution < -0.4 is 0 Å². The molecule has 6 heteroatoms. The van der Waals surface area contributed by atoms with Gasteiger partial charge < -0.3 is 15.3 Å². The molecule has 0 saturated heterocycles. The molecule has 0 aromatic heterocycles. The maximum absolute atomic E-state index is 10.4. The molecule has 17 heavy (non-hydrogen) atoms. The van der Waals surface area contributed by atoms with E-state index in [9.17, 15) is 14.4 Å². The molecule has 0 amide bonds. The Morgan fingerprint density at radius 2 is 1.35 bits per heavy atom. The summed E-state index contributed by atoms with van der Waals surface area (Å²) in [5.74, 6) is -3.02. The lowest BCUT2D eigenvalue weighted by Gasteiger charge is -2.32. The van der Waals surface area contributed by atoms with Crippen LogP contribution in [0.5, 0.6) is 0 Å². The lowest BCUT2D eigenvalue weighted by atomic mass is 9.69. The predicted molar refractivity (Wildman–Crippen MR) is 56.5 cm³/mol. The van der Waals surface area contributed by atoms with Crippen molar-refractivity contribution in [2.75, 3.05) is 0 Å². The fourth-order valence-electron chi connectivity index (χ4n) is 1.70. The van der Waals surface area contributed by atoms with Crippen LogP contribution in [0.4, 0.5) is 0 Å². The van der Waals surface area contributed by atoms with Crippen LogP contribution in [-0.2, 0) is 14.4 Å². The molecule has 0 unspecified atom stereocenters. The summed E-state index contributed by atoms with van der Waals surface area (Å²) in [4.78, 5) is 30.7. The van der Waals surface area contributed by atoms with Crippen LogP contribution in [0.15, 0.2) is 0 Å². The first-order valence-electron chi connectivity index (χ1n) is 5.60. The zero-order valence-electron chi connectivity index (χ0n) is 9.39. The van der Waals surface area contributed by atoms with E-state index in [1.54, 1.807) is 0 Å². The number of carboxylic acids is 3. The number of carbonyl (C=O) groups is 3. The summed E-state index contributed by atoms with van der Waals surface area (Å²) in [6.45, 7) is 0. The van der Waals surface area contributed by atoms with Crippen LogP contribution in [0.1, 0.15) is 38.5 Å². The maximum atomic E-state index is 10.4. The first-order valence-corrected chi connectivity index (χ1v) is 5.60. The van der Waals surface area contributed by atoms with Crippen molar-refractivity contribution in [1.82, 2.24) is 0 Å². The second-order valence-corrected chi connectivity index (χ2v) is 4.51. The number of hydrogen-bond donors (Lipinski definition) is 3. The van der Waals surface area contributed by atoms with Gasteiger partial charge in [-0.1, -0.05) is 6.42 Å². The molecule has 2 fully saturated rings. The first-order chi connectivity index (χ1) is 7.90. The van der Waals surface area contributed by atoms with Crippen LogP contribution in [0.2, 0.25) is 0 Å². The maximum Gasteiger partial charge on any atom is 0.321 e. The molecule has 2 aliphatic carbocycles. The van der Waals surface area contributed by atoms with E-state index in [0.717, 1.165) is 19.3 Å². The van der Waals surface area contributed by atoms with Crippen LogP contribution >= 0.6 is 0 Å². The summed E-state index contributed by atoms with van der Waals surface area (Å²) < 4.78 is 0. The second-order valence-electron chi connectivity index (χ2n) is 4.51. The molecular weight excluding hydrogens is 228 g/mol. The Morgan fingerprint density at radius 1 is 0.882 bits per heavy atom. The highest BCUT2D eigenvalue weighted by atomic mass is 16.4. The molecule has 3 N–H and O–H groups in total. The van der Waals surface area contributed by atoms with Crippen LogP contribution in [-0.4, -0.2) is 33.2 Å². The predicted octanol–water partition coefficient (Wildman–Crippen LogP) is 1.20. The normalized spacial score (nSPS) is 21.2. The van der Waals surface area contributed by atoms with E-state index in [4.69, 9.17) is 15.3 Å². The van der Waals surface area contributed by atoms with E-state index in [2.05, 4.69) is 0 Å². The van der Waals surface area contributed by atoms with Crippen molar-refractivity contribution < 1.29 is 29.7 Å². The molecule has 0 bridgehead atoms. The summed E-state index contributed by atoms with van der Waals surface area (Å²) in [6, 6.07) is 0. The molecule has 2 saturated carbocycles. The van der Waals surface area contributed by atoms with Gasteiger partial charge in [0.1, 0.15) is 0 Å². The van der Waals surface area contributed by atoms with Gasteiger partial charge in [-0.25, -0.2) is 0 Å². The highest BCUT2D eigenvalue weighted by molar-refractivity contribution is 5.99. The Balaban J connectivity index is 0.000000181. The molecule has 0 spiro atoms. The fraction of sp³-hybridized carbons (Fsp3) is 0.727. The molecule has 0 aliphatic heterocycles. The van der Waals surface area contributed by atoms with E-state index in [1.165, 1.54) is 0 Å². The van der Waals surface area contributed by atoms with Gasteiger partial charge >= 0.3 is 17.9 Å². The zero-order chi connectivity index (χ0) is 13.1. The Bertz CT molecular complexity index is 311. The lowest BCUT2D eigenvalue weighted by Crippen LogP contribution is -2.44. The third kappa shape index (κ3) is 2.75. The summed E-state index contributed by atoms with van der Waals surface area (Å²) in [6.07, 6.45) is 4.16. The molecule has 0 heterocycles. The Morgan fingerprint density at radius 3 is 1.35 bits per heavy atom. The summed E-state index contributed by atoms with van der Waals surface area (Å²) >= 11 is 0. The SMILES string of the molecule is O=C(O)C1(C(=O)O)CCC1.O=C(O)C1CCC1. The number of hydrogen-bond acceptors (Lipinski definition) is 3. The van der Waals surface area contributed by atoms with Crippen molar-refractivity contribution in [2.24, 2.45) is 11.3 Å². The minimum absolute atomic E-state index is 0.000000000000000444. The van der Waals surface area contributed by atoms with E-state index in [1.807, 2.05) is 0 Å². The zero-order valence-corrected chi connectivity index (χ0v) is 9.39. The molecule has 0 radical (unpaired) electrons. The molecule has 96 valence electrons. The van der Waals surface area contributed by atoms with E-state index < -0.39 is 23.3 Å². The van der Waals surface area contributed by atoms with Crippen molar-refractivity contribution in [1.29, 1.82) is 0 Å². The Hall–Kier alpha value is -1.59. The molecule has 2 rings (SSSR count). The van der Waals surface area contributed by atoms with Gasteiger partial charge in [0.15, 0.2) is 5.41 Å². The van der Waals surface area contributed by atoms with E-state index in [0.29, 0.717) is 6.42 Å². The van der Waals surface area contributed by atoms with Gasteiger partial charge in [-0.2, -0.15) is 0 Å². The van der Waals surface area contributed by atoms with Gasteiger partial charge in [-0.15, -0.1) is 0 Å². The topological polar surface area (TPSA) is 112 Å². The average Bonchev–Trinajstić information content (AvgIpc) is 1.94. The van der Waals surface area contributed by atoms with Crippen LogP contribution in [0, 0.1) is 11.3 Å².